The van der Waals surface area contributed by atoms with Gasteiger partial charge < -0.3 is 0 Å². The van der Waals surface area contributed by atoms with E-state index in [-0.39, 0.29) is 5.92 Å². The minimum atomic E-state index is 0.239. The lowest BCUT2D eigenvalue weighted by Crippen LogP contribution is -2.26. The van der Waals surface area contributed by atoms with Gasteiger partial charge in [0, 0.05) is 28.7 Å². The first-order valence-electron chi connectivity index (χ1n) is 11.4. The lowest BCUT2D eigenvalue weighted by molar-refractivity contribution is -0.119. The highest BCUT2D eigenvalue weighted by atomic mass is 16.1. The van der Waals surface area contributed by atoms with Gasteiger partial charge in [-0.15, -0.1) is 0 Å². The highest BCUT2D eigenvalue weighted by Gasteiger charge is 2.31. The molecule has 0 atom stereocenters. The molecular formula is C26H33NO. The topological polar surface area (TPSA) is 29.4 Å². The Hall–Kier alpha value is -1.96. The van der Waals surface area contributed by atoms with Crippen LogP contribution in [0.15, 0.2) is 58.6 Å². The van der Waals surface area contributed by atoms with E-state index in [2.05, 4.69) is 42.5 Å². The average Bonchev–Trinajstić information content (AvgIpc) is 3.25. The highest BCUT2D eigenvalue weighted by Crippen LogP contribution is 2.35. The Morgan fingerprint density at radius 3 is 2.07 bits per heavy atom. The van der Waals surface area contributed by atoms with Crippen LogP contribution in [0.5, 0.6) is 0 Å². The minimum Gasteiger partial charge on any atom is -0.294 e. The molecule has 3 aliphatic carbocycles. The largest absolute Gasteiger partial charge is 0.294 e. The predicted molar refractivity (Wildman–Crippen MR) is 117 cm³/mol. The molecule has 28 heavy (non-hydrogen) atoms. The van der Waals surface area contributed by atoms with Crippen LogP contribution in [-0.4, -0.2) is 11.5 Å². The van der Waals surface area contributed by atoms with Gasteiger partial charge in [0.15, 0.2) is 5.78 Å². The molecule has 0 unspecified atom stereocenters. The predicted octanol–water partition coefficient (Wildman–Crippen LogP) is 6.61. The second-order valence-corrected chi connectivity index (χ2v) is 8.69. The van der Waals surface area contributed by atoms with Crippen LogP contribution in [0.3, 0.4) is 0 Å². The van der Waals surface area contributed by atoms with Crippen molar-refractivity contribution >= 4 is 11.5 Å². The Labute approximate surface area is 169 Å². The molecule has 0 saturated heterocycles. The first-order valence-corrected chi connectivity index (χ1v) is 11.4. The van der Waals surface area contributed by atoms with Gasteiger partial charge in [-0.25, -0.2) is 0 Å². The van der Waals surface area contributed by atoms with Crippen molar-refractivity contribution in [3.8, 4) is 0 Å². The summed E-state index contributed by atoms with van der Waals surface area (Å²) in [6, 6.07) is 10.5. The van der Waals surface area contributed by atoms with Crippen LogP contribution >= 0.6 is 0 Å². The third-order valence-electron chi connectivity index (χ3n) is 6.72. The van der Waals surface area contributed by atoms with Crippen molar-refractivity contribution in [1.29, 1.82) is 0 Å². The second-order valence-electron chi connectivity index (χ2n) is 8.69. The van der Waals surface area contributed by atoms with Gasteiger partial charge in [0.25, 0.3) is 0 Å². The Kier molecular flexibility index (Phi) is 6.57. The van der Waals surface area contributed by atoms with E-state index >= 15 is 0 Å². The molecule has 2 saturated carbocycles. The second kappa shape index (κ2) is 9.49. The summed E-state index contributed by atoms with van der Waals surface area (Å²) in [4.78, 5) is 18.4. The first kappa shape index (κ1) is 19.4. The molecule has 0 radical (unpaired) electrons. The summed E-state index contributed by atoms with van der Waals surface area (Å²) in [7, 11) is 0. The molecule has 0 heterocycles. The number of benzene rings is 1. The van der Waals surface area contributed by atoms with Crippen LogP contribution < -0.4 is 0 Å². The minimum absolute atomic E-state index is 0.239. The number of hydrogen-bond donors (Lipinski definition) is 0. The van der Waals surface area contributed by atoms with E-state index in [4.69, 9.17) is 4.99 Å². The summed E-state index contributed by atoms with van der Waals surface area (Å²) in [5.41, 5.74) is 4.64. The summed E-state index contributed by atoms with van der Waals surface area (Å²) in [5.74, 6) is 1.15. The number of Topliss-reactive ketones (excluding diaryl/α,β-unsaturated/α-hetero) is 1. The SMILES string of the molecule is O=C(C1=CCC=C1C(=NCc1ccccc1)C1CCCCC1)C1CCCCC1. The fourth-order valence-electron chi connectivity index (χ4n) is 5.15. The number of nitrogens with zero attached hydrogens (tertiary/aromatic N) is 1. The number of hydrogen-bond acceptors (Lipinski definition) is 2. The molecule has 0 bridgehead atoms. The normalized spacial score (nSPS) is 22.1. The average molecular weight is 376 g/mol. The van der Waals surface area contributed by atoms with Crippen molar-refractivity contribution in [3.63, 3.8) is 0 Å². The smallest absolute Gasteiger partial charge is 0.166 e. The van der Waals surface area contributed by atoms with Gasteiger partial charge in [-0.1, -0.05) is 81.0 Å². The molecule has 1 aromatic carbocycles. The number of aliphatic imine (C=N–C) groups is 1. The third kappa shape index (κ3) is 4.54. The van der Waals surface area contributed by atoms with Crippen molar-refractivity contribution in [2.24, 2.45) is 16.8 Å². The summed E-state index contributed by atoms with van der Waals surface area (Å²) >= 11 is 0. The molecule has 2 nitrogen and oxygen atoms in total. The Bertz CT molecular complexity index is 759. The number of carbonyl (C=O) groups excluding carboxylic acids is 1. The van der Waals surface area contributed by atoms with Gasteiger partial charge in [0.05, 0.1) is 6.54 Å². The zero-order valence-corrected chi connectivity index (χ0v) is 17.0. The lowest BCUT2D eigenvalue weighted by atomic mass is 9.78. The van der Waals surface area contributed by atoms with Gasteiger partial charge in [0.1, 0.15) is 0 Å². The Morgan fingerprint density at radius 2 is 1.39 bits per heavy atom. The van der Waals surface area contributed by atoms with E-state index in [1.54, 1.807) is 0 Å². The zero-order chi connectivity index (χ0) is 19.2. The van der Waals surface area contributed by atoms with Gasteiger partial charge in [-0.05, 0) is 37.7 Å². The summed E-state index contributed by atoms with van der Waals surface area (Å²) < 4.78 is 0. The molecule has 148 valence electrons. The highest BCUT2D eigenvalue weighted by molar-refractivity contribution is 6.16. The van der Waals surface area contributed by atoms with E-state index in [9.17, 15) is 4.79 Å². The zero-order valence-electron chi connectivity index (χ0n) is 17.0. The van der Waals surface area contributed by atoms with Gasteiger partial charge in [-0.3, -0.25) is 9.79 Å². The van der Waals surface area contributed by atoms with E-state index in [1.807, 2.05) is 0 Å². The molecular weight excluding hydrogens is 342 g/mol. The number of rotatable bonds is 6. The molecule has 0 aliphatic heterocycles. The number of carbonyl (C=O) groups is 1. The molecule has 4 rings (SSSR count). The van der Waals surface area contributed by atoms with Gasteiger partial charge in [-0.2, -0.15) is 0 Å². The van der Waals surface area contributed by atoms with Crippen molar-refractivity contribution in [3.05, 3.63) is 59.2 Å². The maximum atomic E-state index is 13.3. The van der Waals surface area contributed by atoms with Crippen LogP contribution in [-0.2, 0) is 11.3 Å². The molecule has 1 aromatic rings. The van der Waals surface area contributed by atoms with E-state index < -0.39 is 0 Å². The summed E-state index contributed by atoms with van der Waals surface area (Å²) in [6.07, 6.45) is 17.5. The number of ketones is 1. The van der Waals surface area contributed by atoms with Crippen LogP contribution in [0, 0.1) is 11.8 Å². The van der Waals surface area contributed by atoms with Crippen LogP contribution in [0.2, 0.25) is 0 Å². The van der Waals surface area contributed by atoms with Crippen molar-refractivity contribution in [1.82, 2.24) is 0 Å². The standard InChI is InChI=1S/C26H33NO/c28-26(22-15-8-3-9-16-22)24-18-10-17-23(24)25(21-13-6-2-7-14-21)27-19-20-11-4-1-5-12-20/h1,4-5,11-12,17-18,21-22H,2-3,6-10,13-16,19H2. The molecule has 2 heteroatoms. The first-order chi connectivity index (χ1) is 13.8. The molecule has 3 aliphatic rings. The quantitative estimate of drug-likeness (QED) is 0.514. The van der Waals surface area contributed by atoms with E-state index in [0.717, 1.165) is 31.4 Å². The molecule has 0 spiro atoms. The maximum absolute atomic E-state index is 13.3. The van der Waals surface area contributed by atoms with E-state index in [0.29, 0.717) is 11.7 Å². The Balaban J connectivity index is 1.57. The summed E-state index contributed by atoms with van der Waals surface area (Å²) in [5, 5.41) is 0. The number of allylic oxidation sites excluding steroid dienone is 4. The molecule has 0 N–H and O–H groups in total. The fourth-order valence-corrected chi connectivity index (χ4v) is 5.15. The van der Waals surface area contributed by atoms with Crippen molar-refractivity contribution < 1.29 is 4.79 Å². The lowest BCUT2D eigenvalue weighted by Gasteiger charge is -2.27. The molecule has 0 aromatic heterocycles. The summed E-state index contributed by atoms with van der Waals surface area (Å²) in [6.45, 7) is 0.717. The Morgan fingerprint density at radius 1 is 0.786 bits per heavy atom. The van der Waals surface area contributed by atoms with Crippen molar-refractivity contribution in [2.75, 3.05) is 0 Å². The van der Waals surface area contributed by atoms with Gasteiger partial charge >= 0.3 is 0 Å². The van der Waals surface area contributed by atoms with Crippen LogP contribution in [0.25, 0.3) is 0 Å². The molecule has 2 fully saturated rings. The maximum Gasteiger partial charge on any atom is 0.166 e. The van der Waals surface area contributed by atoms with Crippen LogP contribution in [0.1, 0.15) is 76.2 Å². The van der Waals surface area contributed by atoms with Crippen LogP contribution in [0.4, 0.5) is 0 Å². The van der Waals surface area contributed by atoms with Crippen molar-refractivity contribution in [2.45, 2.75) is 77.2 Å². The monoisotopic (exact) mass is 375 g/mol. The fraction of sp³-hybridized carbons (Fsp3) is 0.538. The van der Waals surface area contributed by atoms with Gasteiger partial charge in [0.2, 0.25) is 0 Å². The third-order valence-corrected chi connectivity index (χ3v) is 6.72. The molecule has 0 amide bonds. The van der Waals surface area contributed by atoms with E-state index in [1.165, 1.54) is 68.2 Å².